The second-order valence-electron chi connectivity index (χ2n) is 4.28. The highest BCUT2D eigenvalue weighted by Crippen LogP contribution is 2.17. The van der Waals surface area contributed by atoms with E-state index in [1.165, 1.54) is 0 Å². The fourth-order valence-corrected chi connectivity index (χ4v) is 1.91. The lowest BCUT2D eigenvalue weighted by molar-refractivity contribution is -0.136. The summed E-state index contributed by atoms with van der Waals surface area (Å²) in [6, 6.07) is 9.42. The second kappa shape index (κ2) is 5.56. The molecule has 0 amide bonds. The van der Waals surface area contributed by atoms with Crippen molar-refractivity contribution in [2.24, 2.45) is 0 Å². The van der Waals surface area contributed by atoms with E-state index >= 15 is 0 Å². The van der Waals surface area contributed by atoms with Gasteiger partial charge in [0.05, 0.1) is 24.9 Å². The highest BCUT2D eigenvalue weighted by molar-refractivity contribution is 5.67. The third kappa shape index (κ3) is 3.13. The molecular formula is C14H16N2O3. The van der Waals surface area contributed by atoms with Crippen LogP contribution in [0.25, 0.3) is 5.69 Å². The van der Waals surface area contributed by atoms with Crippen LogP contribution in [0.5, 0.6) is 5.75 Å². The van der Waals surface area contributed by atoms with Gasteiger partial charge in [0.25, 0.3) is 0 Å². The van der Waals surface area contributed by atoms with Crippen LogP contribution in [0.15, 0.2) is 30.3 Å². The average molecular weight is 260 g/mol. The molecule has 0 saturated heterocycles. The quantitative estimate of drug-likeness (QED) is 0.895. The predicted octanol–water partition coefficient (Wildman–Crippen LogP) is 2.21. The molecule has 0 fully saturated rings. The van der Waals surface area contributed by atoms with Crippen molar-refractivity contribution in [1.82, 2.24) is 9.78 Å². The number of benzene rings is 1. The minimum Gasteiger partial charge on any atom is -0.497 e. The first-order chi connectivity index (χ1) is 9.10. The highest BCUT2D eigenvalue weighted by Gasteiger charge is 2.09. The molecule has 1 heterocycles. The normalized spacial score (nSPS) is 10.4. The molecule has 1 aromatic heterocycles. The third-order valence-electron chi connectivity index (χ3n) is 2.82. The van der Waals surface area contributed by atoms with Crippen LogP contribution in [-0.2, 0) is 11.2 Å². The summed E-state index contributed by atoms with van der Waals surface area (Å²) in [5.41, 5.74) is 2.66. The standard InChI is InChI=1S/C14H16N2O3/c1-10-9-12(5-8-14(17)18)16(15-10)11-3-6-13(19-2)7-4-11/h3-4,6-7,9H,5,8H2,1-2H3,(H,17,18). The number of carbonyl (C=O) groups is 1. The van der Waals surface area contributed by atoms with Gasteiger partial charge in [0, 0.05) is 12.1 Å². The van der Waals surface area contributed by atoms with Crippen molar-refractivity contribution >= 4 is 5.97 Å². The largest absolute Gasteiger partial charge is 0.497 e. The summed E-state index contributed by atoms with van der Waals surface area (Å²) in [6.45, 7) is 1.89. The minimum atomic E-state index is -0.805. The van der Waals surface area contributed by atoms with Crippen molar-refractivity contribution in [2.45, 2.75) is 19.8 Å². The minimum absolute atomic E-state index is 0.0985. The molecule has 2 aromatic rings. The molecule has 1 N–H and O–H groups in total. The molecule has 0 radical (unpaired) electrons. The monoisotopic (exact) mass is 260 g/mol. The van der Waals surface area contributed by atoms with Gasteiger partial charge in [-0.25, -0.2) is 4.68 Å². The Balaban J connectivity index is 2.29. The maximum Gasteiger partial charge on any atom is 0.303 e. The Morgan fingerprint density at radius 3 is 2.63 bits per heavy atom. The van der Waals surface area contributed by atoms with Gasteiger partial charge >= 0.3 is 5.97 Å². The molecule has 0 bridgehead atoms. The summed E-state index contributed by atoms with van der Waals surface area (Å²) in [5.74, 6) is -0.0279. The fourth-order valence-electron chi connectivity index (χ4n) is 1.91. The van der Waals surface area contributed by atoms with E-state index in [0.717, 1.165) is 22.8 Å². The number of nitrogens with zero attached hydrogens (tertiary/aromatic N) is 2. The molecule has 0 saturated carbocycles. The molecule has 5 heteroatoms. The third-order valence-corrected chi connectivity index (χ3v) is 2.82. The maximum absolute atomic E-state index is 10.7. The van der Waals surface area contributed by atoms with Crippen LogP contribution in [-0.4, -0.2) is 28.0 Å². The lowest BCUT2D eigenvalue weighted by atomic mass is 10.2. The van der Waals surface area contributed by atoms with Crippen molar-refractivity contribution < 1.29 is 14.6 Å². The van der Waals surface area contributed by atoms with Gasteiger partial charge in [-0.2, -0.15) is 5.10 Å². The Hall–Kier alpha value is -2.30. The fraction of sp³-hybridized carbons (Fsp3) is 0.286. The van der Waals surface area contributed by atoms with Crippen molar-refractivity contribution in [3.63, 3.8) is 0 Å². The average Bonchev–Trinajstić information content (AvgIpc) is 2.78. The molecule has 1 aromatic carbocycles. The molecule has 0 spiro atoms. The first-order valence-electron chi connectivity index (χ1n) is 6.02. The smallest absolute Gasteiger partial charge is 0.303 e. The summed E-state index contributed by atoms with van der Waals surface area (Å²) in [4.78, 5) is 10.7. The van der Waals surface area contributed by atoms with Gasteiger partial charge in [-0.05, 0) is 37.3 Å². The Morgan fingerprint density at radius 2 is 2.05 bits per heavy atom. The number of ether oxygens (including phenoxy) is 1. The lowest BCUT2D eigenvalue weighted by Crippen LogP contribution is -2.05. The van der Waals surface area contributed by atoms with E-state index in [1.54, 1.807) is 11.8 Å². The summed E-state index contributed by atoms with van der Waals surface area (Å²) >= 11 is 0. The molecule has 2 rings (SSSR count). The van der Waals surface area contributed by atoms with Gasteiger partial charge in [0.2, 0.25) is 0 Å². The first-order valence-corrected chi connectivity index (χ1v) is 6.02. The number of carboxylic acid groups (broad SMARTS) is 1. The summed E-state index contributed by atoms with van der Waals surface area (Å²) in [5, 5.41) is 13.2. The van der Waals surface area contributed by atoms with Crippen molar-refractivity contribution in [3.05, 3.63) is 41.7 Å². The second-order valence-corrected chi connectivity index (χ2v) is 4.28. The zero-order chi connectivity index (χ0) is 13.8. The highest BCUT2D eigenvalue weighted by atomic mass is 16.5. The number of hydrogen-bond acceptors (Lipinski definition) is 3. The van der Waals surface area contributed by atoms with Crippen molar-refractivity contribution in [3.8, 4) is 11.4 Å². The van der Waals surface area contributed by atoms with Gasteiger partial charge in [0.1, 0.15) is 5.75 Å². The Bertz CT molecular complexity index is 573. The maximum atomic E-state index is 10.7. The van der Waals surface area contributed by atoms with Crippen LogP contribution in [0, 0.1) is 6.92 Å². The van der Waals surface area contributed by atoms with E-state index in [9.17, 15) is 4.79 Å². The predicted molar refractivity (Wildman–Crippen MR) is 70.8 cm³/mol. The van der Waals surface area contributed by atoms with Crippen LogP contribution >= 0.6 is 0 Å². The van der Waals surface area contributed by atoms with Crippen LogP contribution < -0.4 is 4.74 Å². The SMILES string of the molecule is COc1ccc(-n2nc(C)cc2CCC(=O)O)cc1. The van der Waals surface area contributed by atoms with Crippen molar-refractivity contribution in [2.75, 3.05) is 7.11 Å². The number of aliphatic carboxylic acids is 1. The van der Waals surface area contributed by atoms with Crippen LogP contribution in [0.4, 0.5) is 0 Å². The van der Waals surface area contributed by atoms with Gasteiger partial charge in [0.15, 0.2) is 0 Å². The summed E-state index contributed by atoms with van der Waals surface area (Å²) < 4.78 is 6.89. The van der Waals surface area contributed by atoms with Gasteiger partial charge in [-0.1, -0.05) is 0 Å². The lowest BCUT2D eigenvalue weighted by Gasteiger charge is -2.07. The first kappa shape index (κ1) is 13.1. The molecule has 0 aliphatic rings. The van der Waals surface area contributed by atoms with E-state index in [-0.39, 0.29) is 6.42 Å². The van der Waals surface area contributed by atoms with Crippen LogP contribution in [0.2, 0.25) is 0 Å². The summed E-state index contributed by atoms with van der Waals surface area (Å²) in [6.07, 6.45) is 0.559. The molecule has 0 unspecified atom stereocenters. The van der Waals surface area contributed by atoms with Gasteiger partial charge in [-0.3, -0.25) is 4.79 Å². The van der Waals surface area contributed by atoms with Gasteiger partial charge < -0.3 is 9.84 Å². The Morgan fingerprint density at radius 1 is 1.37 bits per heavy atom. The van der Waals surface area contributed by atoms with E-state index < -0.39 is 5.97 Å². The topological polar surface area (TPSA) is 64.4 Å². The molecule has 0 atom stereocenters. The molecular weight excluding hydrogens is 244 g/mol. The Labute approximate surface area is 111 Å². The summed E-state index contributed by atoms with van der Waals surface area (Å²) in [7, 11) is 1.62. The van der Waals surface area contributed by atoms with Crippen LogP contribution in [0.1, 0.15) is 17.8 Å². The zero-order valence-electron chi connectivity index (χ0n) is 11.0. The molecule has 0 aliphatic heterocycles. The van der Waals surface area contributed by atoms with E-state index in [4.69, 9.17) is 9.84 Å². The number of methoxy groups -OCH3 is 1. The number of carboxylic acids is 1. The van der Waals surface area contributed by atoms with E-state index in [2.05, 4.69) is 5.10 Å². The number of rotatable bonds is 5. The van der Waals surface area contributed by atoms with Crippen LogP contribution in [0.3, 0.4) is 0 Å². The number of hydrogen-bond donors (Lipinski definition) is 1. The van der Waals surface area contributed by atoms with Crippen molar-refractivity contribution in [1.29, 1.82) is 0 Å². The Kier molecular flexibility index (Phi) is 3.85. The number of aryl methyl sites for hydroxylation is 2. The molecule has 19 heavy (non-hydrogen) atoms. The molecule has 100 valence electrons. The number of aromatic nitrogens is 2. The van der Waals surface area contributed by atoms with E-state index in [0.29, 0.717) is 6.42 Å². The van der Waals surface area contributed by atoms with Gasteiger partial charge in [-0.15, -0.1) is 0 Å². The van der Waals surface area contributed by atoms with E-state index in [1.807, 2.05) is 37.3 Å². The molecule has 0 aliphatic carbocycles. The zero-order valence-corrected chi connectivity index (χ0v) is 11.0. The molecule has 5 nitrogen and oxygen atoms in total.